The molecule has 34 heavy (non-hydrogen) atoms. The molecule has 0 aliphatic rings. The Morgan fingerprint density at radius 1 is 0.971 bits per heavy atom. The molecule has 0 saturated heterocycles. The topological polar surface area (TPSA) is 69.0 Å². The lowest BCUT2D eigenvalue weighted by Crippen LogP contribution is -2.23. The number of pyridine rings is 2. The highest BCUT2D eigenvalue weighted by Gasteiger charge is 2.14. The van der Waals surface area contributed by atoms with E-state index in [2.05, 4.69) is 39.7 Å². The van der Waals surface area contributed by atoms with Crippen molar-refractivity contribution in [1.82, 2.24) is 19.9 Å². The van der Waals surface area contributed by atoms with Crippen LogP contribution in [0.15, 0.2) is 91.6 Å². The number of fused-ring (bicyclic) bond motifs is 1. The van der Waals surface area contributed by atoms with E-state index in [9.17, 15) is 4.79 Å². The molecule has 0 bridgehead atoms. The number of aryl methyl sites for hydroxylation is 1. The number of nitrogens with one attached hydrogen (secondary N) is 1. The van der Waals surface area contributed by atoms with Crippen LogP contribution in [0, 0.1) is 6.92 Å². The molecular weight excluding hydrogens is 424 g/mol. The molecule has 0 aliphatic heterocycles. The number of benzene rings is 2. The summed E-state index contributed by atoms with van der Waals surface area (Å²) in [4.78, 5) is 21.4. The molecule has 6 heteroatoms. The summed E-state index contributed by atoms with van der Waals surface area (Å²) in [7, 11) is 2.00. The van der Waals surface area contributed by atoms with Crippen molar-refractivity contribution in [1.29, 1.82) is 0 Å². The van der Waals surface area contributed by atoms with Crippen molar-refractivity contribution in [3.63, 3.8) is 0 Å². The highest BCUT2D eigenvalue weighted by Crippen LogP contribution is 2.33. The third-order valence-corrected chi connectivity index (χ3v) is 5.82. The molecule has 3 aromatic heterocycles. The lowest BCUT2D eigenvalue weighted by molar-refractivity contribution is 0.0950. The first-order valence-electron chi connectivity index (χ1n) is 11.0. The molecule has 1 amide bonds. The largest absolute Gasteiger partial charge is 0.456 e. The summed E-state index contributed by atoms with van der Waals surface area (Å²) in [6.45, 7) is 2.33. The third kappa shape index (κ3) is 4.38. The second-order valence-electron chi connectivity index (χ2n) is 8.18. The van der Waals surface area contributed by atoms with Gasteiger partial charge < -0.3 is 14.6 Å². The normalized spacial score (nSPS) is 10.9. The molecule has 0 fully saturated rings. The summed E-state index contributed by atoms with van der Waals surface area (Å²) >= 11 is 0. The molecule has 1 N–H and O–H groups in total. The summed E-state index contributed by atoms with van der Waals surface area (Å²) in [5.41, 5.74) is 5.44. The van der Waals surface area contributed by atoms with Crippen molar-refractivity contribution < 1.29 is 9.53 Å². The molecule has 5 aromatic rings. The van der Waals surface area contributed by atoms with Crippen LogP contribution in [-0.2, 0) is 13.6 Å². The summed E-state index contributed by atoms with van der Waals surface area (Å²) in [6, 6.07) is 19.4. The maximum atomic E-state index is 12.8. The van der Waals surface area contributed by atoms with Crippen LogP contribution in [0.3, 0.4) is 0 Å². The first-order valence-corrected chi connectivity index (χ1v) is 11.0. The highest BCUT2D eigenvalue weighted by atomic mass is 16.5. The molecular formula is C28H24N4O2. The monoisotopic (exact) mass is 448 g/mol. The van der Waals surface area contributed by atoms with Gasteiger partial charge in [-0.25, -0.2) is 0 Å². The summed E-state index contributed by atoms with van der Waals surface area (Å²) in [5, 5.41) is 3.88. The van der Waals surface area contributed by atoms with Crippen molar-refractivity contribution >= 4 is 16.8 Å². The van der Waals surface area contributed by atoms with E-state index in [1.54, 1.807) is 24.7 Å². The molecule has 168 valence electrons. The van der Waals surface area contributed by atoms with Gasteiger partial charge in [0, 0.05) is 61.1 Å². The molecule has 6 nitrogen and oxygen atoms in total. The number of amides is 1. The second kappa shape index (κ2) is 9.19. The minimum Gasteiger partial charge on any atom is -0.456 e. The Balaban J connectivity index is 1.39. The highest BCUT2D eigenvalue weighted by molar-refractivity contribution is 5.96. The first kappa shape index (κ1) is 21.4. The molecule has 2 aromatic carbocycles. The van der Waals surface area contributed by atoms with Gasteiger partial charge in [-0.3, -0.25) is 14.8 Å². The van der Waals surface area contributed by atoms with E-state index in [1.807, 2.05) is 61.1 Å². The number of carbonyl (C=O) groups is 1. The lowest BCUT2D eigenvalue weighted by Gasteiger charge is -2.14. The molecule has 0 unspecified atom stereocenters. The Morgan fingerprint density at radius 2 is 1.82 bits per heavy atom. The Hall–Kier alpha value is -4.45. The van der Waals surface area contributed by atoms with Gasteiger partial charge in [0.25, 0.3) is 5.91 Å². The molecule has 0 radical (unpaired) electrons. The Bertz CT molecular complexity index is 1470. The maximum Gasteiger partial charge on any atom is 0.251 e. The lowest BCUT2D eigenvalue weighted by atomic mass is 10.1. The molecule has 5 rings (SSSR count). The van der Waals surface area contributed by atoms with E-state index in [0.29, 0.717) is 23.6 Å². The van der Waals surface area contributed by atoms with E-state index in [0.717, 1.165) is 33.2 Å². The fourth-order valence-corrected chi connectivity index (χ4v) is 3.93. The molecule has 0 atom stereocenters. The molecule has 0 aliphatic carbocycles. The van der Waals surface area contributed by atoms with Gasteiger partial charge in [-0.05, 0) is 72.1 Å². The van der Waals surface area contributed by atoms with Gasteiger partial charge in [-0.2, -0.15) is 0 Å². The maximum absolute atomic E-state index is 12.8. The first-order chi connectivity index (χ1) is 16.6. The van der Waals surface area contributed by atoms with Crippen LogP contribution in [0.25, 0.3) is 22.0 Å². The zero-order valence-corrected chi connectivity index (χ0v) is 19.0. The van der Waals surface area contributed by atoms with E-state index in [4.69, 9.17) is 4.74 Å². The summed E-state index contributed by atoms with van der Waals surface area (Å²) in [5.74, 6) is 1.19. The number of rotatable bonds is 6. The minimum atomic E-state index is -0.146. The van der Waals surface area contributed by atoms with Gasteiger partial charge in [-0.1, -0.05) is 12.1 Å². The number of ether oxygens (including phenoxy) is 1. The Kier molecular flexibility index (Phi) is 5.79. The number of nitrogens with zero attached hydrogens (tertiary/aromatic N) is 3. The molecule has 0 spiro atoms. The summed E-state index contributed by atoms with van der Waals surface area (Å²) in [6.07, 6.45) is 9.27. The predicted molar refractivity (Wildman–Crippen MR) is 133 cm³/mol. The quantitative estimate of drug-likeness (QED) is 0.364. The van der Waals surface area contributed by atoms with Gasteiger partial charge >= 0.3 is 0 Å². The number of hydrogen-bond acceptors (Lipinski definition) is 4. The van der Waals surface area contributed by atoms with Crippen molar-refractivity contribution in [2.24, 2.45) is 7.05 Å². The number of hydrogen-bond donors (Lipinski definition) is 1. The Labute approximate surface area is 197 Å². The standard InChI is InChI=1S/C28H24N4O2/c1-19-23(28(33)31-17-20-8-12-29-13-9-20)4-3-5-26(19)34-27-10-14-30-25-16-21(6-7-24(25)27)22-11-15-32(2)18-22/h3-16,18H,17H2,1-2H3,(H,31,33). The van der Waals surface area contributed by atoms with Crippen molar-refractivity contribution in [3.8, 4) is 22.6 Å². The van der Waals surface area contributed by atoms with E-state index in [1.165, 1.54) is 0 Å². The van der Waals surface area contributed by atoms with Crippen LogP contribution in [0.5, 0.6) is 11.5 Å². The van der Waals surface area contributed by atoms with E-state index >= 15 is 0 Å². The van der Waals surface area contributed by atoms with E-state index < -0.39 is 0 Å². The minimum absolute atomic E-state index is 0.146. The fourth-order valence-electron chi connectivity index (χ4n) is 3.93. The van der Waals surface area contributed by atoms with Crippen LogP contribution < -0.4 is 10.1 Å². The van der Waals surface area contributed by atoms with Crippen LogP contribution >= 0.6 is 0 Å². The van der Waals surface area contributed by atoms with Crippen LogP contribution in [0.1, 0.15) is 21.5 Å². The van der Waals surface area contributed by atoms with Crippen LogP contribution in [0.2, 0.25) is 0 Å². The number of aromatic nitrogens is 3. The van der Waals surface area contributed by atoms with Gasteiger partial charge in [-0.15, -0.1) is 0 Å². The zero-order valence-electron chi connectivity index (χ0n) is 19.0. The van der Waals surface area contributed by atoms with Crippen LogP contribution in [0.4, 0.5) is 0 Å². The second-order valence-corrected chi connectivity index (χ2v) is 8.18. The van der Waals surface area contributed by atoms with Gasteiger partial charge in [0.1, 0.15) is 11.5 Å². The van der Waals surface area contributed by atoms with Gasteiger partial charge in [0.2, 0.25) is 0 Å². The van der Waals surface area contributed by atoms with Crippen LogP contribution in [-0.4, -0.2) is 20.4 Å². The predicted octanol–water partition coefficient (Wildman–Crippen LogP) is 5.67. The average Bonchev–Trinajstić information content (AvgIpc) is 3.30. The average molecular weight is 449 g/mol. The van der Waals surface area contributed by atoms with Crippen molar-refractivity contribution in [2.75, 3.05) is 0 Å². The number of carbonyl (C=O) groups excluding carboxylic acids is 1. The molecule has 3 heterocycles. The Morgan fingerprint density at radius 3 is 2.62 bits per heavy atom. The van der Waals surface area contributed by atoms with Crippen molar-refractivity contribution in [3.05, 3.63) is 108 Å². The van der Waals surface area contributed by atoms with Gasteiger partial charge in [0.15, 0.2) is 0 Å². The SMILES string of the molecule is Cc1c(Oc2ccnc3cc(-c4ccn(C)c4)ccc23)cccc1C(=O)NCc1ccncc1. The molecule has 0 saturated carbocycles. The van der Waals surface area contributed by atoms with Gasteiger partial charge in [0.05, 0.1) is 5.52 Å². The fraction of sp³-hybridized carbons (Fsp3) is 0.107. The van der Waals surface area contributed by atoms with E-state index in [-0.39, 0.29) is 5.91 Å². The third-order valence-electron chi connectivity index (χ3n) is 5.82. The zero-order chi connectivity index (χ0) is 23.5. The summed E-state index contributed by atoms with van der Waals surface area (Å²) < 4.78 is 8.32. The smallest absolute Gasteiger partial charge is 0.251 e. The van der Waals surface area contributed by atoms with Crippen molar-refractivity contribution in [2.45, 2.75) is 13.5 Å².